The van der Waals surface area contributed by atoms with Gasteiger partial charge in [-0.3, -0.25) is 9.88 Å². The minimum atomic E-state index is -0.370. The molecule has 26 heavy (non-hydrogen) atoms. The number of rotatable bonds is 5. The number of ether oxygens (including phenoxy) is 1. The van der Waals surface area contributed by atoms with Crippen LogP contribution >= 0.6 is 0 Å². The summed E-state index contributed by atoms with van der Waals surface area (Å²) in [6.07, 6.45) is 3.66. The Labute approximate surface area is 152 Å². The van der Waals surface area contributed by atoms with Crippen molar-refractivity contribution in [3.05, 3.63) is 53.5 Å². The molecule has 0 bridgehead atoms. The average Bonchev–Trinajstić information content (AvgIpc) is 3.10. The number of methoxy groups -OCH3 is 1. The van der Waals surface area contributed by atoms with Crippen LogP contribution in [0.3, 0.4) is 0 Å². The van der Waals surface area contributed by atoms with Crippen molar-refractivity contribution in [1.82, 2.24) is 24.9 Å². The van der Waals surface area contributed by atoms with Gasteiger partial charge in [0.25, 0.3) is 0 Å². The average molecular weight is 353 g/mol. The fourth-order valence-corrected chi connectivity index (χ4v) is 2.71. The zero-order valence-corrected chi connectivity index (χ0v) is 15.7. The molecule has 0 N–H and O–H groups in total. The summed E-state index contributed by atoms with van der Waals surface area (Å²) in [6, 6.07) is 7.35. The van der Waals surface area contributed by atoms with E-state index in [4.69, 9.17) is 4.74 Å². The molecule has 1 aromatic carbocycles. The first kappa shape index (κ1) is 18.0. The lowest BCUT2D eigenvalue weighted by Crippen LogP contribution is -2.35. The molecule has 0 amide bonds. The van der Waals surface area contributed by atoms with Gasteiger partial charge in [-0.05, 0) is 45.6 Å². The number of nitrogens with zero attached hydrogens (tertiary/aromatic N) is 5. The molecule has 0 saturated carbocycles. The molecular formula is C19H23N5O2. The molecule has 0 aliphatic rings. The molecule has 0 saturated heterocycles. The van der Waals surface area contributed by atoms with Crippen LogP contribution < -0.4 is 0 Å². The molecule has 0 fully saturated rings. The number of pyridine rings is 1. The van der Waals surface area contributed by atoms with Gasteiger partial charge < -0.3 is 4.74 Å². The van der Waals surface area contributed by atoms with Crippen molar-refractivity contribution in [3.8, 4) is 0 Å². The van der Waals surface area contributed by atoms with Gasteiger partial charge in [-0.1, -0.05) is 17.3 Å². The van der Waals surface area contributed by atoms with Crippen LogP contribution in [0.4, 0.5) is 0 Å². The van der Waals surface area contributed by atoms with Gasteiger partial charge in [0.15, 0.2) is 0 Å². The summed E-state index contributed by atoms with van der Waals surface area (Å²) in [7, 11) is 5.41. The van der Waals surface area contributed by atoms with E-state index in [1.54, 1.807) is 16.9 Å². The predicted molar refractivity (Wildman–Crippen MR) is 98.9 cm³/mol. The van der Waals surface area contributed by atoms with Crippen molar-refractivity contribution in [2.75, 3.05) is 21.2 Å². The second kappa shape index (κ2) is 6.84. The number of esters is 1. The first-order chi connectivity index (χ1) is 12.3. The van der Waals surface area contributed by atoms with Crippen LogP contribution in [-0.2, 0) is 16.8 Å². The standard InChI is InChI=1S/C19H23N5O2/c1-19(2,23(3)4)16-12-24(22-21-16)11-13-8-9-15(18(25)26-5)14-7-6-10-20-17(13)14/h6-10,12H,11H2,1-5H3. The summed E-state index contributed by atoms with van der Waals surface area (Å²) in [5.41, 5.74) is 2.91. The Morgan fingerprint density at radius 3 is 2.73 bits per heavy atom. The summed E-state index contributed by atoms with van der Waals surface area (Å²) < 4.78 is 6.66. The van der Waals surface area contributed by atoms with E-state index < -0.39 is 0 Å². The lowest BCUT2D eigenvalue weighted by atomic mass is 10.0. The fourth-order valence-electron chi connectivity index (χ4n) is 2.71. The van der Waals surface area contributed by atoms with Gasteiger partial charge in [-0.15, -0.1) is 5.10 Å². The SMILES string of the molecule is COC(=O)c1ccc(Cn2cc(C(C)(C)N(C)C)nn2)c2ncccc12. The largest absolute Gasteiger partial charge is 0.465 e. The Balaban J connectivity index is 1.98. The zero-order chi connectivity index (χ0) is 18.9. The molecule has 136 valence electrons. The first-order valence-electron chi connectivity index (χ1n) is 8.37. The van der Waals surface area contributed by atoms with Crippen LogP contribution in [-0.4, -0.2) is 52.1 Å². The maximum Gasteiger partial charge on any atom is 0.338 e. The molecule has 3 aromatic rings. The molecule has 7 nitrogen and oxygen atoms in total. The monoisotopic (exact) mass is 353 g/mol. The summed E-state index contributed by atoms with van der Waals surface area (Å²) in [4.78, 5) is 18.6. The van der Waals surface area contributed by atoms with E-state index in [-0.39, 0.29) is 11.5 Å². The number of aromatic nitrogens is 4. The molecule has 0 aliphatic carbocycles. The lowest BCUT2D eigenvalue weighted by molar-refractivity contribution is 0.0603. The molecular weight excluding hydrogens is 330 g/mol. The van der Waals surface area contributed by atoms with Crippen LogP contribution in [0.2, 0.25) is 0 Å². The fraction of sp³-hybridized carbons (Fsp3) is 0.368. The Morgan fingerprint density at radius 1 is 1.27 bits per heavy atom. The van der Waals surface area contributed by atoms with E-state index in [2.05, 4.69) is 34.0 Å². The molecule has 2 heterocycles. The van der Waals surface area contributed by atoms with Crippen LogP contribution in [0.5, 0.6) is 0 Å². The third-order valence-electron chi connectivity index (χ3n) is 4.87. The molecule has 0 spiro atoms. The highest BCUT2D eigenvalue weighted by Gasteiger charge is 2.26. The second-order valence-corrected chi connectivity index (χ2v) is 6.92. The highest BCUT2D eigenvalue weighted by molar-refractivity contribution is 6.04. The van der Waals surface area contributed by atoms with Gasteiger partial charge in [-0.2, -0.15) is 0 Å². The molecule has 0 aliphatic heterocycles. The van der Waals surface area contributed by atoms with Crippen LogP contribution in [0.1, 0.15) is 35.5 Å². The van der Waals surface area contributed by atoms with E-state index in [1.165, 1.54) is 7.11 Å². The third kappa shape index (κ3) is 3.17. The smallest absolute Gasteiger partial charge is 0.338 e. The molecule has 2 aromatic heterocycles. The van der Waals surface area contributed by atoms with Crippen molar-refractivity contribution < 1.29 is 9.53 Å². The molecule has 0 unspecified atom stereocenters. The Hall–Kier alpha value is -2.80. The molecule has 7 heteroatoms. The topological polar surface area (TPSA) is 73.1 Å². The third-order valence-corrected chi connectivity index (χ3v) is 4.87. The number of carbonyl (C=O) groups excluding carboxylic acids is 1. The molecule has 0 atom stereocenters. The Kier molecular flexibility index (Phi) is 4.73. The Bertz CT molecular complexity index is 946. The first-order valence-corrected chi connectivity index (χ1v) is 8.37. The summed E-state index contributed by atoms with van der Waals surface area (Å²) in [5.74, 6) is -0.370. The van der Waals surface area contributed by atoms with Crippen molar-refractivity contribution in [2.24, 2.45) is 0 Å². The van der Waals surface area contributed by atoms with E-state index >= 15 is 0 Å². The highest BCUT2D eigenvalue weighted by atomic mass is 16.5. The van der Waals surface area contributed by atoms with E-state index in [9.17, 15) is 4.79 Å². The van der Waals surface area contributed by atoms with Crippen LogP contribution in [0.25, 0.3) is 10.9 Å². The lowest BCUT2D eigenvalue weighted by Gasteiger charge is -2.29. The van der Waals surface area contributed by atoms with E-state index in [1.807, 2.05) is 38.5 Å². The maximum absolute atomic E-state index is 12.0. The van der Waals surface area contributed by atoms with Crippen molar-refractivity contribution in [1.29, 1.82) is 0 Å². The summed E-state index contributed by atoms with van der Waals surface area (Å²) >= 11 is 0. The van der Waals surface area contributed by atoms with Crippen LogP contribution in [0, 0.1) is 0 Å². The van der Waals surface area contributed by atoms with Crippen LogP contribution in [0.15, 0.2) is 36.7 Å². The van der Waals surface area contributed by atoms with Gasteiger partial charge in [0.1, 0.15) is 5.69 Å². The molecule has 3 rings (SSSR count). The number of hydrogen-bond donors (Lipinski definition) is 0. The number of fused-ring (bicyclic) bond motifs is 1. The highest BCUT2D eigenvalue weighted by Crippen LogP contribution is 2.25. The maximum atomic E-state index is 12.0. The normalized spacial score (nSPS) is 11.9. The van der Waals surface area contributed by atoms with Gasteiger partial charge in [0, 0.05) is 11.6 Å². The van der Waals surface area contributed by atoms with Crippen molar-refractivity contribution >= 4 is 16.9 Å². The Morgan fingerprint density at radius 2 is 2.04 bits per heavy atom. The number of carbonyl (C=O) groups is 1. The van der Waals surface area contributed by atoms with Gasteiger partial charge in [0.2, 0.25) is 0 Å². The van der Waals surface area contributed by atoms with Crippen molar-refractivity contribution in [2.45, 2.75) is 25.9 Å². The van der Waals surface area contributed by atoms with Gasteiger partial charge in [-0.25, -0.2) is 9.48 Å². The van der Waals surface area contributed by atoms with E-state index in [0.717, 1.165) is 22.2 Å². The van der Waals surface area contributed by atoms with E-state index in [0.29, 0.717) is 12.1 Å². The van der Waals surface area contributed by atoms with Gasteiger partial charge in [0.05, 0.1) is 36.5 Å². The van der Waals surface area contributed by atoms with Crippen molar-refractivity contribution in [3.63, 3.8) is 0 Å². The quantitative estimate of drug-likeness (QED) is 0.656. The summed E-state index contributed by atoms with van der Waals surface area (Å²) in [6.45, 7) is 4.72. The number of benzene rings is 1. The number of hydrogen-bond acceptors (Lipinski definition) is 6. The molecule has 0 radical (unpaired) electrons. The minimum Gasteiger partial charge on any atom is -0.465 e. The zero-order valence-electron chi connectivity index (χ0n) is 15.7. The second-order valence-electron chi connectivity index (χ2n) is 6.92. The minimum absolute atomic E-state index is 0.215. The summed E-state index contributed by atoms with van der Waals surface area (Å²) in [5, 5.41) is 9.35. The predicted octanol–water partition coefficient (Wildman–Crippen LogP) is 2.46. The van der Waals surface area contributed by atoms with Gasteiger partial charge >= 0.3 is 5.97 Å².